The molecule has 34 heavy (non-hydrogen) atoms. The van der Waals surface area contributed by atoms with Gasteiger partial charge in [0.05, 0.1) is 22.0 Å². The van der Waals surface area contributed by atoms with Crippen molar-refractivity contribution in [1.82, 2.24) is 19.5 Å². The molecule has 3 N–H and O–H groups in total. The van der Waals surface area contributed by atoms with Crippen molar-refractivity contribution in [2.45, 2.75) is 19.9 Å². The lowest BCUT2D eigenvalue weighted by Gasteiger charge is -2.22. The number of pyridine rings is 1. The smallest absolute Gasteiger partial charge is 0.264 e. The fourth-order valence-corrected chi connectivity index (χ4v) is 4.99. The van der Waals surface area contributed by atoms with Crippen LogP contribution in [-0.2, 0) is 0 Å². The van der Waals surface area contributed by atoms with Crippen LogP contribution in [-0.4, -0.2) is 19.5 Å². The Morgan fingerprint density at radius 3 is 2.65 bits per heavy atom. The van der Waals surface area contributed by atoms with Crippen LogP contribution in [0.1, 0.15) is 24.4 Å². The number of aryl methyl sites for hydroxylation is 1. The highest BCUT2D eigenvalue weighted by atomic mass is 35.5. The summed E-state index contributed by atoms with van der Waals surface area (Å²) in [5, 5.41) is 7.87. The molecule has 5 rings (SSSR count). The third kappa shape index (κ3) is 4.02. The minimum Gasteiger partial charge on any atom is -0.368 e. The Morgan fingerprint density at radius 2 is 1.91 bits per heavy atom. The minimum atomic E-state index is -0.314. The molecule has 5 aromatic rings. The van der Waals surface area contributed by atoms with E-state index in [1.54, 1.807) is 16.8 Å². The summed E-state index contributed by atoms with van der Waals surface area (Å²) in [4.78, 5) is 26.8. The van der Waals surface area contributed by atoms with E-state index in [4.69, 9.17) is 17.3 Å². The monoisotopic (exact) mass is 488 g/mol. The van der Waals surface area contributed by atoms with Gasteiger partial charge in [-0.2, -0.15) is 4.98 Å². The number of benzene rings is 2. The van der Waals surface area contributed by atoms with E-state index < -0.39 is 0 Å². The van der Waals surface area contributed by atoms with E-state index in [0.717, 1.165) is 33.0 Å². The number of hydrogen-bond acceptors (Lipinski definition) is 7. The Labute approximate surface area is 204 Å². The van der Waals surface area contributed by atoms with Gasteiger partial charge < -0.3 is 11.1 Å². The van der Waals surface area contributed by atoms with E-state index in [1.807, 2.05) is 67.8 Å². The maximum Gasteiger partial charge on any atom is 0.264 e. The molecule has 0 aliphatic carbocycles. The van der Waals surface area contributed by atoms with Crippen molar-refractivity contribution >= 4 is 45.5 Å². The molecule has 0 fully saturated rings. The van der Waals surface area contributed by atoms with Crippen molar-refractivity contribution in [2.75, 3.05) is 11.1 Å². The van der Waals surface area contributed by atoms with Crippen molar-refractivity contribution in [2.24, 2.45) is 0 Å². The molecule has 7 nitrogen and oxygen atoms in total. The van der Waals surface area contributed by atoms with E-state index in [1.165, 1.54) is 11.3 Å². The molecule has 3 aromatic heterocycles. The number of nitrogens with one attached hydrogen (secondary N) is 1. The lowest BCUT2D eigenvalue weighted by Crippen LogP contribution is -2.26. The van der Waals surface area contributed by atoms with Gasteiger partial charge in [0.1, 0.15) is 10.8 Å². The maximum atomic E-state index is 13.7. The number of halogens is 1. The summed E-state index contributed by atoms with van der Waals surface area (Å²) >= 11 is 7.94. The lowest BCUT2D eigenvalue weighted by atomic mass is 10.1. The summed E-state index contributed by atoms with van der Waals surface area (Å²) < 4.78 is 1.68. The van der Waals surface area contributed by atoms with Gasteiger partial charge in [0.15, 0.2) is 0 Å². The fraction of sp³-hybridized carbons (Fsp3) is 0.120. The molecule has 0 bridgehead atoms. The molecule has 0 aliphatic rings. The second kappa shape index (κ2) is 8.89. The molecule has 0 spiro atoms. The van der Waals surface area contributed by atoms with Gasteiger partial charge >= 0.3 is 0 Å². The third-order valence-corrected chi connectivity index (χ3v) is 6.80. The second-order valence-electron chi connectivity index (χ2n) is 7.90. The molecule has 0 unspecified atom stereocenters. The van der Waals surface area contributed by atoms with E-state index in [2.05, 4.69) is 20.3 Å². The van der Waals surface area contributed by atoms with Gasteiger partial charge in [0, 0.05) is 28.7 Å². The highest BCUT2D eigenvalue weighted by Gasteiger charge is 2.20. The molecule has 0 saturated heterocycles. The quantitative estimate of drug-likeness (QED) is 0.333. The summed E-state index contributed by atoms with van der Waals surface area (Å²) in [7, 11) is 0. The molecule has 2 aromatic carbocycles. The Balaban J connectivity index is 1.67. The van der Waals surface area contributed by atoms with Crippen molar-refractivity contribution in [3.05, 3.63) is 92.9 Å². The molecule has 0 saturated carbocycles. The number of rotatable bonds is 5. The predicted molar refractivity (Wildman–Crippen MR) is 139 cm³/mol. The van der Waals surface area contributed by atoms with Gasteiger partial charge in [-0.05, 0) is 43.5 Å². The maximum absolute atomic E-state index is 13.7. The molecule has 1 atom stereocenters. The molecule has 3 heterocycles. The van der Waals surface area contributed by atoms with Gasteiger partial charge in [-0.1, -0.05) is 41.9 Å². The first-order chi connectivity index (χ1) is 16.4. The van der Waals surface area contributed by atoms with Crippen LogP contribution in [0.4, 0.5) is 11.8 Å². The van der Waals surface area contributed by atoms with Crippen LogP contribution in [0.5, 0.6) is 0 Å². The molecule has 0 amide bonds. The minimum absolute atomic E-state index is 0.150. The van der Waals surface area contributed by atoms with Gasteiger partial charge in [0.25, 0.3) is 5.56 Å². The second-order valence-corrected chi connectivity index (χ2v) is 9.17. The average Bonchev–Trinajstić information content (AvgIpc) is 3.25. The Bertz CT molecular complexity index is 1560. The van der Waals surface area contributed by atoms with Crippen molar-refractivity contribution in [3.8, 4) is 16.3 Å². The van der Waals surface area contributed by atoms with E-state index >= 15 is 0 Å². The standard InChI is InChI=1S/C25H21ClN6OS/c1-14-13-34-23(29-14)18-12-28-25(27)31-22(18)30-15(2)20-11-16-7-6-10-19(26)21(16)24(33)32(20)17-8-4-3-5-9-17/h3-13,15H,1-2H3,(H3,27,28,30,31)/t15-/m0/s1. The first-order valence-corrected chi connectivity index (χ1v) is 11.9. The number of hydrogen-bond donors (Lipinski definition) is 2. The van der Waals surface area contributed by atoms with Crippen LogP contribution in [0.3, 0.4) is 0 Å². The summed E-state index contributed by atoms with van der Waals surface area (Å²) in [6.07, 6.45) is 1.67. The Kier molecular flexibility index (Phi) is 5.77. The van der Waals surface area contributed by atoms with Crippen molar-refractivity contribution in [1.29, 1.82) is 0 Å². The topological polar surface area (TPSA) is 98.7 Å². The third-order valence-electron chi connectivity index (χ3n) is 5.49. The van der Waals surface area contributed by atoms with Gasteiger partial charge in [-0.15, -0.1) is 11.3 Å². The summed E-state index contributed by atoms with van der Waals surface area (Å²) in [6.45, 7) is 3.91. The van der Waals surface area contributed by atoms with Crippen LogP contribution in [0.15, 0.2) is 71.0 Å². The van der Waals surface area contributed by atoms with Crippen molar-refractivity contribution in [3.63, 3.8) is 0 Å². The number of thiazole rings is 1. The molecule has 0 aliphatic heterocycles. The number of aromatic nitrogens is 4. The number of fused-ring (bicyclic) bond motifs is 1. The van der Waals surface area contributed by atoms with Crippen LogP contribution >= 0.6 is 22.9 Å². The molecular weight excluding hydrogens is 468 g/mol. The first kappa shape index (κ1) is 22.1. The fourth-order valence-electron chi connectivity index (χ4n) is 3.92. The largest absolute Gasteiger partial charge is 0.368 e. The van der Waals surface area contributed by atoms with Crippen LogP contribution < -0.4 is 16.6 Å². The molecule has 0 radical (unpaired) electrons. The number of anilines is 2. The zero-order chi connectivity index (χ0) is 23.8. The lowest BCUT2D eigenvalue weighted by molar-refractivity contribution is 0.773. The van der Waals surface area contributed by atoms with E-state index in [9.17, 15) is 4.79 Å². The van der Waals surface area contributed by atoms with Gasteiger partial charge in [0.2, 0.25) is 5.95 Å². The van der Waals surface area contributed by atoms with Crippen LogP contribution in [0.25, 0.3) is 27.0 Å². The predicted octanol–water partition coefficient (Wildman–Crippen LogP) is 5.62. The van der Waals surface area contributed by atoms with E-state index in [-0.39, 0.29) is 17.5 Å². The highest BCUT2D eigenvalue weighted by Crippen LogP contribution is 2.32. The van der Waals surface area contributed by atoms with Gasteiger partial charge in [-0.3, -0.25) is 9.36 Å². The Hall–Kier alpha value is -3.75. The van der Waals surface area contributed by atoms with Crippen LogP contribution in [0, 0.1) is 6.92 Å². The molecule has 170 valence electrons. The van der Waals surface area contributed by atoms with Crippen LogP contribution in [0.2, 0.25) is 5.02 Å². The Morgan fingerprint density at radius 1 is 1.12 bits per heavy atom. The summed E-state index contributed by atoms with van der Waals surface area (Å²) in [6, 6.07) is 16.6. The number of nitrogen functional groups attached to an aromatic ring is 1. The van der Waals surface area contributed by atoms with Crippen molar-refractivity contribution < 1.29 is 0 Å². The first-order valence-electron chi connectivity index (χ1n) is 10.6. The highest BCUT2D eigenvalue weighted by molar-refractivity contribution is 7.13. The SMILES string of the molecule is Cc1csc(-c2cnc(N)nc2N[C@@H](C)c2cc3cccc(Cl)c3c(=O)n2-c2ccccc2)n1. The number of nitrogens with zero attached hydrogens (tertiary/aromatic N) is 4. The normalized spacial score (nSPS) is 12.1. The van der Waals surface area contributed by atoms with Gasteiger partial charge in [-0.25, -0.2) is 9.97 Å². The zero-order valence-electron chi connectivity index (χ0n) is 18.5. The average molecular weight is 489 g/mol. The number of para-hydroxylation sites is 1. The molecule has 9 heteroatoms. The summed E-state index contributed by atoms with van der Waals surface area (Å²) in [5.41, 5.74) is 8.89. The summed E-state index contributed by atoms with van der Waals surface area (Å²) in [5.74, 6) is 0.699. The zero-order valence-corrected chi connectivity index (χ0v) is 20.1. The van der Waals surface area contributed by atoms with E-state index in [0.29, 0.717) is 16.2 Å². The molecular formula is C25H21ClN6OS. The number of nitrogens with two attached hydrogens (primary N) is 1.